The number of anilines is 1. The van der Waals surface area contributed by atoms with Crippen LogP contribution in [0.5, 0.6) is 0 Å². The fraction of sp³-hybridized carbons (Fsp3) is 0.333. The number of sulfonamides is 1. The van der Waals surface area contributed by atoms with Gasteiger partial charge in [-0.2, -0.15) is 5.10 Å². The number of aryl methyl sites for hydroxylation is 1. The van der Waals surface area contributed by atoms with Crippen LogP contribution < -0.4 is 4.31 Å². The highest BCUT2D eigenvalue weighted by Crippen LogP contribution is 2.32. The van der Waals surface area contributed by atoms with E-state index in [-0.39, 0.29) is 28.9 Å². The molecular formula is C21H24N4O5S. The number of hydrogen-bond acceptors (Lipinski definition) is 6. The van der Waals surface area contributed by atoms with E-state index in [0.717, 1.165) is 0 Å². The Kier molecular flexibility index (Phi) is 5.84. The molecule has 0 saturated carbocycles. The Morgan fingerprint density at radius 3 is 2.61 bits per heavy atom. The topological polar surface area (TPSA) is 109 Å². The van der Waals surface area contributed by atoms with E-state index in [9.17, 15) is 13.2 Å². The number of carbonyl (C=O) groups excluding carboxylic acids is 1. The van der Waals surface area contributed by atoms with Gasteiger partial charge in [-0.3, -0.25) is 14.2 Å². The standard InChI is InChI=1S/C21H24N4O5S/c1-3-25(16-7-5-4-6-8-16)31(27,28)19-13-18(30-15(19)2)20-17(14-22-23-20)21(26)24-9-11-29-12-10-24/h4-8,13-14H,3,9-12H2,1-2H3,(H,22,23). The average Bonchev–Trinajstić information content (AvgIpc) is 3.42. The van der Waals surface area contributed by atoms with Crippen LogP contribution in [-0.2, 0) is 14.8 Å². The van der Waals surface area contributed by atoms with E-state index in [2.05, 4.69) is 10.2 Å². The van der Waals surface area contributed by atoms with Crippen molar-refractivity contribution in [3.05, 3.63) is 53.9 Å². The third kappa shape index (κ3) is 3.96. The lowest BCUT2D eigenvalue weighted by molar-refractivity contribution is 0.0303. The Balaban J connectivity index is 1.69. The number of para-hydroxylation sites is 1. The lowest BCUT2D eigenvalue weighted by atomic mass is 10.2. The number of morpholine rings is 1. The molecular weight excluding hydrogens is 420 g/mol. The number of rotatable bonds is 6. The predicted octanol–water partition coefficient (Wildman–Crippen LogP) is 2.67. The van der Waals surface area contributed by atoms with Crippen molar-refractivity contribution in [2.75, 3.05) is 37.2 Å². The zero-order valence-corrected chi connectivity index (χ0v) is 18.2. The Labute approximate surface area is 180 Å². The third-order valence-corrected chi connectivity index (χ3v) is 7.20. The molecule has 0 spiro atoms. The van der Waals surface area contributed by atoms with Crippen LogP contribution in [0.1, 0.15) is 23.0 Å². The van der Waals surface area contributed by atoms with Gasteiger partial charge in [-0.15, -0.1) is 0 Å². The lowest BCUT2D eigenvalue weighted by Crippen LogP contribution is -2.40. The first-order valence-electron chi connectivity index (χ1n) is 10.0. The summed E-state index contributed by atoms with van der Waals surface area (Å²) >= 11 is 0. The zero-order valence-electron chi connectivity index (χ0n) is 17.4. The first-order chi connectivity index (χ1) is 14.9. The number of nitrogens with zero attached hydrogens (tertiary/aromatic N) is 3. The third-order valence-electron chi connectivity index (χ3n) is 5.19. The normalized spacial score (nSPS) is 14.6. The minimum atomic E-state index is -3.87. The summed E-state index contributed by atoms with van der Waals surface area (Å²) in [5.41, 5.74) is 1.25. The van der Waals surface area contributed by atoms with Crippen LogP contribution in [0.3, 0.4) is 0 Å². The van der Waals surface area contributed by atoms with Gasteiger partial charge in [0, 0.05) is 25.7 Å². The maximum absolute atomic E-state index is 13.4. The molecule has 1 aliphatic rings. The summed E-state index contributed by atoms with van der Waals surface area (Å²) < 4.78 is 39.2. The van der Waals surface area contributed by atoms with Crippen LogP contribution in [0.2, 0.25) is 0 Å². The van der Waals surface area contributed by atoms with Crippen LogP contribution in [0.4, 0.5) is 5.69 Å². The summed E-state index contributed by atoms with van der Waals surface area (Å²) in [6.45, 7) is 5.56. The highest BCUT2D eigenvalue weighted by molar-refractivity contribution is 7.92. The summed E-state index contributed by atoms with van der Waals surface area (Å²) in [4.78, 5) is 14.7. The molecule has 0 atom stereocenters. The van der Waals surface area contributed by atoms with Gasteiger partial charge in [0.1, 0.15) is 16.3 Å². The van der Waals surface area contributed by atoms with E-state index in [0.29, 0.717) is 43.2 Å². The van der Waals surface area contributed by atoms with E-state index in [1.54, 1.807) is 43.0 Å². The van der Waals surface area contributed by atoms with E-state index < -0.39 is 10.0 Å². The van der Waals surface area contributed by atoms with Crippen molar-refractivity contribution in [1.29, 1.82) is 0 Å². The van der Waals surface area contributed by atoms with Crippen molar-refractivity contribution < 1.29 is 22.4 Å². The van der Waals surface area contributed by atoms with Crippen molar-refractivity contribution in [3.63, 3.8) is 0 Å². The number of H-pyrrole nitrogens is 1. The van der Waals surface area contributed by atoms with Crippen LogP contribution >= 0.6 is 0 Å². The van der Waals surface area contributed by atoms with Gasteiger partial charge < -0.3 is 14.1 Å². The molecule has 0 aliphatic carbocycles. The highest BCUT2D eigenvalue weighted by Gasteiger charge is 2.30. The van der Waals surface area contributed by atoms with Gasteiger partial charge in [0.05, 0.1) is 30.7 Å². The highest BCUT2D eigenvalue weighted by atomic mass is 32.2. The lowest BCUT2D eigenvalue weighted by Gasteiger charge is -2.26. The number of ether oxygens (including phenoxy) is 1. The van der Waals surface area contributed by atoms with Gasteiger partial charge in [0.2, 0.25) is 0 Å². The van der Waals surface area contributed by atoms with Gasteiger partial charge in [0.25, 0.3) is 15.9 Å². The van der Waals surface area contributed by atoms with Gasteiger partial charge >= 0.3 is 0 Å². The molecule has 1 aromatic carbocycles. The molecule has 1 N–H and O–H groups in total. The van der Waals surface area contributed by atoms with Crippen molar-refractivity contribution in [1.82, 2.24) is 15.1 Å². The summed E-state index contributed by atoms with van der Waals surface area (Å²) in [6, 6.07) is 10.3. The summed E-state index contributed by atoms with van der Waals surface area (Å²) in [5.74, 6) is 0.281. The maximum atomic E-state index is 13.4. The monoisotopic (exact) mass is 444 g/mol. The predicted molar refractivity (Wildman–Crippen MR) is 114 cm³/mol. The Hall–Kier alpha value is -3.11. The zero-order chi connectivity index (χ0) is 22.0. The molecule has 0 radical (unpaired) electrons. The van der Waals surface area contributed by atoms with Crippen molar-refractivity contribution in [2.24, 2.45) is 0 Å². The summed E-state index contributed by atoms with van der Waals surface area (Å²) in [5, 5.41) is 6.77. The van der Waals surface area contributed by atoms with Crippen LogP contribution in [0.15, 0.2) is 51.9 Å². The average molecular weight is 445 g/mol. The molecule has 164 valence electrons. The molecule has 1 saturated heterocycles. The Morgan fingerprint density at radius 1 is 1.23 bits per heavy atom. The number of amides is 1. The minimum absolute atomic E-state index is 0.0487. The van der Waals surface area contributed by atoms with Crippen LogP contribution in [0.25, 0.3) is 11.5 Å². The molecule has 0 unspecified atom stereocenters. The molecule has 1 fully saturated rings. The number of aromatic amines is 1. The van der Waals surface area contributed by atoms with Gasteiger partial charge in [-0.1, -0.05) is 18.2 Å². The molecule has 0 bridgehead atoms. The fourth-order valence-electron chi connectivity index (χ4n) is 3.62. The first-order valence-corrected chi connectivity index (χ1v) is 11.5. The Morgan fingerprint density at radius 2 is 1.94 bits per heavy atom. The Bertz CT molecular complexity index is 1160. The van der Waals surface area contributed by atoms with E-state index in [1.165, 1.54) is 16.6 Å². The molecule has 2 aromatic heterocycles. The number of hydrogen-bond donors (Lipinski definition) is 1. The second-order valence-corrected chi connectivity index (χ2v) is 8.93. The van der Waals surface area contributed by atoms with Crippen molar-refractivity contribution in [3.8, 4) is 11.5 Å². The number of benzene rings is 1. The molecule has 9 nitrogen and oxygen atoms in total. The summed E-state index contributed by atoms with van der Waals surface area (Å²) in [6.07, 6.45) is 1.43. The number of carbonyl (C=O) groups is 1. The smallest absolute Gasteiger partial charge is 0.267 e. The van der Waals surface area contributed by atoms with Gasteiger partial charge in [-0.05, 0) is 26.0 Å². The van der Waals surface area contributed by atoms with Crippen molar-refractivity contribution in [2.45, 2.75) is 18.7 Å². The molecule has 4 rings (SSSR count). The molecule has 10 heteroatoms. The van der Waals surface area contributed by atoms with Crippen molar-refractivity contribution >= 4 is 21.6 Å². The quantitative estimate of drug-likeness (QED) is 0.626. The molecule has 31 heavy (non-hydrogen) atoms. The molecule has 1 amide bonds. The van der Waals surface area contributed by atoms with Crippen LogP contribution in [-0.4, -0.2) is 62.3 Å². The second kappa shape index (κ2) is 8.56. The molecule has 3 aromatic rings. The van der Waals surface area contributed by atoms with E-state index in [4.69, 9.17) is 9.15 Å². The van der Waals surface area contributed by atoms with Crippen LogP contribution in [0, 0.1) is 6.92 Å². The van der Waals surface area contributed by atoms with E-state index in [1.807, 2.05) is 6.07 Å². The molecule has 1 aliphatic heterocycles. The van der Waals surface area contributed by atoms with E-state index >= 15 is 0 Å². The number of furan rings is 1. The van der Waals surface area contributed by atoms with Gasteiger partial charge in [0.15, 0.2) is 5.76 Å². The SMILES string of the molecule is CCN(c1ccccc1)S(=O)(=O)c1cc(-c2[nH]ncc2C(=O)N2CCOCC2)oc1C. The maximum Gasteiger partial charge on any atom is 0.267 e. The fourth-order valence-corrected chi connectivity index (χ4v) is 5.26. The second-order valence-electron chi connectivity index (χ2n) is 7.10. The summed E-state index contributed by atoms with van der Waals surface area (Å²) in [7, 11) is -3.87. The molecule has 3 heterocycles. The first kappa shape index (κ1) is 21.1. The minimum Gasteiger partial charge on any atom is -0.458 e. The number of aromatic nitrogens is 2. The number of nitrogens with one attached hydrogen (secondary N) is 1. The van der Waals surface area contributed by atoms with Gasteiger partial charge in [-0.25, -0.2) is 8.42 Å². The largest absolute Gasteiger partial charge is 0.458 e.